The number of nitrogens with one attached hydrogen (secondary N) is 2. The van der Waals surface area contributed by atoms with Crippen LogP contribution in [0.2, 0.25) is 0 Å². The highest BCUT2D eigenvalue weighted by molar-refractivity contribution is 7.80. The van der Waals surface area contributed by atoms with Gasteiger partial charge in [0.15, 0.2) is 0 Å². The number of thiol groups is 1. The van der Waals surface area contributed by atoms with E-state index in [1.807, 2.05) is 6.07 Å². The molecule has 0 saturated carbocycles. The van der Waals surface area contributed by atoms with E-state index in [0.29, 0.717) is 10.6 Å². The molecule has 0 fully saturated rings. The summed E-state index contributed by atoms with van der Waals surface area (Å²) in [6.07, 6.45) is 1.37. The molecule has 0 spiro atoms. The van der Waals surface area contributed by atoms with E-state index in [1.54, 1.807) is 0 Å². The third-order valence-corrected chi connectivity index (χ3v) is 2.64. The number of nitriles is 1. The molecule has 1 heterocycles. The molecule has 1 aromatic heterocycles. The molecule has 0 bridgehead atoms. The van der Waals surface area contributed by atoms with Crippen LogP contribution < -0.4 is 5.32 Å². The molecule has 0 unspecified atom stereocenters. The van der Waals surface area contributed by atoms with Crippen LogP contribution in [0.25, 0.3) is 5.57 Å². The molecule has 0 aliphatic carbocycles. The van der Waals surface area contributed by atoms with Crippen LogP contribution in [0.3, 0.4) is 0 Å². The predicted octanol–water partition coefficient (Wildman–Crippen LogP) is 1.37. The Balaban J connectivity index is 2.22. The maximum absolute atomic E-state index is 10.6. The van der Waals surface area contributed by atoms with Gasteiger partial charge in [-0.3, -0.25) is 10.1 Å². The van der Waals surface area contributed by atoms with E-state index in [4.69, 9.17) is 5.26 Å². The molecule has 2 N–H and O–H groups in total. The lowest BCUT2D eigenvalue weighted by Gasteiger charge is -2.04. The summed E-state index contributed by atoms with van der Waals surface area (Å²) >= 11 is 4.14. The van der Waals surface area contributed by atoms with Crippen LogP contribution in [0, 0.1) is 21.4 Å². The molecule has 2 aromatic rings. The molecule has 10 heteroatoms. The molecular formula is C10H7N7O2S. The van der Waals surface area contributed by atoms with Crippen LogP contribution in [0.15, 0.2) is 29.3 Å². The minimum atomic E-state index is -0.515. The molecule has 9 nitrogen and oxygen atoms in total. The normalized spacial score (nSPS) is 10.9. The first-order valence-corrected chi connectivity index (χ1v) is 5.64. The minimum absolute atomic E-state index is 0.0665. The number of nitro groups is 1. The summed E-state index contributed by atoms with van der Waals surface area (Å²) in [7, 11) is 0. The van der Waals surface area contributed by atoms with E-state index in [0.717, 1.165) is 0 Å². The molecule has 100 valence electrons. The number of nitro benzene ring substituents is 1. The van der Waals surface area contributed by atoms with E-state index in [-0.39, 0.29) is 17.1 Å². The highest BCUT2D eigenvalue weighted by Gasteiger charge is 2.09. The van der Waals surface area contributed by atoms with E-state index < -0.39 is 4.92 Å². The Labute approximate surface area is 117 Å². The quantitative estimate of drug-likeness (QED) is 0.335. The highest BCUT2D eigenvalue weighted by atomic mass is 32.1. The fourth-order valence-electron chi connectivity index (χ4n) is 1.33. The third kappa shape index (κ3) is 2.90. The Kier molecular flexibility index (Phi) is 3.92. The van der Waals surface area contributed by atoms with Crippen molar-refractivity contribution in [1.29, 1.82) is 5.26 Å². The lowest BCUT2D eigenvalue weighted by atomic mass is 10.2. The smallest absolute Gasteiger partial charge is 0.270 e. The number of aromatic amines is 1. The highest BCUT2D eigenvalue weighted by Crippen LogP contribution is 2.25. The van der Waals surface area contributed by atoms with Crippen LogP contribution in [-0.4, -0.2) is 25.5 Å². The number of allylic oxidation sites excluding steroid dienone is 1. The molecule has 20 heavy (non-hydrogen) atoms. The van der Waals surface area contributed by atoms with Crippen LogP contribution >= 0.6 is 12.6 Å². The van der Waals surface area contributed by atoms with E-state index in [2.05, 4.69) is 38.6 Å². The maximum atomic E-state index is 10.6. The molecule has 0 saturated heterocycles. The van der Waals surface area contributed by atoms with Gasteiger partial charge in [0, 0.05) is 23.2 Å². The van der Waals surface area contributed by atoms with E-state index >= 15 is 0 Å². The number of rotatable bonds is 4. The molecule has 0 amide bonds. The maximum Gasteiger partial charge on any atom is 0.270 e. The number of H-pyrrole nitrogens is 1. The Morgan fingerprint density at radius 2 is 2.40 bits per heavy atom. The molecule has 1 aromatic carbocycles. The molecule has 0 atom stereocenters. The summed E-state index contributed by atoms with van der Waals surface area (Å²) in [6.45, 7) is 0. The fourth-order valence-corrected chi connectivity index (χ4v) is 1.60. The first-order valence-electron chi connectivity index (χ1n) is 5.20. The topological polar surface area (TPSA) is 133 Å². The minimum Gasteiger partial charge on any atom is -0.359 e. The van der Waals surface area contributed by atoms with E-state index in [9.17, 15) is 10.1 Å². The summed E-state index contributed by atoms with van der Waals surface area (Å²) in [6, 6.07) is 6.03. The third-order valence-electron chi connectivity index (χ3n) is 2.27. The number of anilines is 1. The monoisotopic (exact) mass is 289 g/mol. The second-order valence-electron chi connectivity index (χ2n) is 3.51. The first-order chi connectivity index (χ1) is 9.61. The summed E-state index contributed by atoms with van der Waals surface area (Å²) in [5.74, 6) is 0.141. The van der Waals surface area contributed by atoms with Gasteiger partial charge in [0.25, 0.3) is 5.69 Å². The average Bonchev–Trinajstić information content (AvgIpc) is 2.95. The number of non-ortho nitro benzene ring substituents is 1. The van der Waals surface area contributed by atoms with E-state index in [1.165, 1.54) is 24.4 Å². The van der Waals surface area contributed by atoms with Gasteiger partial charge in [-0.15, -0.1) is 22.8 Å². The van der Waals surface area contributed by atoms with Crippen molar-refractivity contribution in [3.8, 4) is 6.07 Å². The van der Waals surface area contributed by atoms with Crippen molar-refractivity contribution < 1.29 is 4.92 Å². The van der Waals surface area contributed by atoms with Gasteiger partial charge in [0.2, 0.25) is 5.82 Å². The Morgan fingerprint density at radius 3 is 2.95 bits per heavy atom. The first kappa shape index (κ1) is 13.5. The number of hydrogen-bond acceptors (Lipinski definition) is 8. The summed E-state index contributed by atoms with van der Waals surface area (Å²) in [5, 5.41) is 35.3. The molecule has 2 rings (SSSR count). The van der Waals surface area contributed by atoms with Gasteiger partial charge in [-0.1, -0.05) is 0 Å². The average molecular weight is 289 g/mol. The van der Waals surface area contributed by atoms with Crippen LogP contribution in [0.5, 0.6) is 0 Å². The van der Waals surface area contributed by atoms with Gasteiger partial charge in [0.1, 0.15) is 11.6 Å². The van der Waals surface area contributed by atoms with Gasteiger partial charge in [-0.25, -0.2) is 0 Å². The van der Waals surface area contributed by atoms with Gasteiger partial charge < -0.3 is 5.32 Å². The van der Waals surface area contributed by atoms with Crippen molar-refractivity contribution in [2.45, 2.75) is 4.90 Å². The van der Waals surface area contributed by atoms with Crippen LogP contribution in [0.4, 0.5) is 11.4 Å². The molecular weight excluding hydrogens is 282 g/mol. The summed E-state index contributed by atoms with van der Waals surface area (Å²) < 4.78 is 0. The van der Waals surface area contributed by atoms with Crippen LogP contribution in [0.1, 0.15) is 5.82 Å². The standard InChI is InChI=1S/C10H7N7O2S/c11-4-6(10-13-15-16-14-10)5-12-8-2-1-7(17(18)19)3-9(8)20/h1-3,5,12,20H,(H,13,14,15,16). The number of nitrogens with zero attached hydrogens (tertiary/aromatic N) is 5. The largest absolute Gasteiger partial charge is 0.359 e. The van der Waals surface area contributed by atoms with Crippen molar-refractivity contribution in [3.63, 3.8) is 0 Å². The zero-order valence-electron chi connectivity index (χ0n) is 9.81. The lowest BCUT2D eigenvalue weighted by Crippen LogP contribution is -1.95. The predicted molar refractivity (Wildman–Crippen MR) is 71.7 cm³/mol. The van der Waals surface area contributed by atoms with Crippen molar-refractivity contribution in [3.05, 3.63) is 40.3 Å². The van der Waals surface area contributed by atoms with Crippen molar-refractivity contribution in [1.82, 2.24) is 20.6 Å². The van der Waals surface area contributed by atoms with Gasteiger partial charge >= 0.3 is 0 Å². The van der Waals surface area contributed by atoms with Crippen LogP contribution in [-0.2, 0) is 0 Å². The van der Waals surface area contributed by atoms with Gasteiger partial charge in [-0.05, 0) is 11.3 Å². The zero-order chi connectivity index (χ0) is 14.5. The fraction of sp³-hybridized carbons (Fsp3) is 0. The lowest BCUT2D eigenvalue weighted by molar-refractivity contribution is -0.385. The number of tetrazole rings is 1. The van der Waals surface area contributed by atoms with Gasteiger partial charge in [-0.2, -0.15) is 10.5 Å². The Morgan fingerprint density at radius 1 is 1.60 bits per heavy atom. The second kappa shape index (κ2) is 5.81. The number of benzene rings is 1. The second-order valence-corrected chi connectivity index (χ2v) is 3.99. The molecule has 0 aliphatic rings. The SMILES string of the molecule is N#CC(=CNc1ccc([N+](=O)[O-])cc1S)c1nn[nH]n1. The molecule has 0 aliphatic heterocycles. The zero-order valence-corrected chi connectivity index (χ0v) is 10.7. The van der Waals surface area contributed by atoms with Crippen molar-refractivity contribution >= 4 is 29.6 Å². The number of aromatic nitrogens is 4. The Bertz CT molecular complexity index is 705. The van der Waals surface area contributed by atoms with Gasteiger partial charge in [0.05, 0.1) is 10.6 Å². The summed E-state index contributed by atoms with van der Waals surface area (Å²) in [4.78, 5) is 10.5. The molecule has 0 radical (unpaired) electrons. The Hall–Kier alpha value is -2.93. The van der Waals surface area contributed by atoms with Crippen molar-refractivity contribution in [2.75, 3.05) is 5.32 Å². The summed E-state index contributed by atoms with van der Waals surface area (Å²) in [5.41, 5.74) is 0.600. The number of hydrogen-bond donors (Lipinski definition) is 3. The van der Waals surface area contributed by atoms with Crippen molar-refractivity contribution in [2.24, 2.45) is 0 Å².